The molecule has 4 nitrogen and oxygen atoms in total. The summed E-state index contributed by atoms with van der Waals surface area (Å²) in [6, 6.07) is 0. The summed E-state index contributed by atoms with van der Waals surface area (Å²) in [6.07, 6.45) is 5.15. The molecule has 0 heterocycles. The fourth-order valence-corrected chi connectivity index (χ4v) is 10.0. The average Bonchev–Trinajstić information content (AvgIpc) is 2.96. The number of carbonyl (C=O) groups excluding carboxylic acids is 3. The van der Waals surface area contributed by atoms with Crippen LogP contribution >= 0.6 is 34.8 Å². The first-order valence-electron chi connectivity index (χ1n) is 12.1. The first-order chi connectivity index (χ1) is 14.9. The minimum atomic E-state index is -1.28. The molecule has 0 spiro atoms. The van der Waals surface area contributed by atoms with E-state index in [-0.39, 0.29) is 53.1 Å². The number of fused-ring (bicyclic) bond motifs is 5. The van der Waals surface area contributed by atoms with E-state index in [0.29, 0.717) is 25.0 Å². The molecule has 4 saturated carbocycles. The average molecular weight is 506 g/mol. The highest BCUT2D eigenvalue weighted by Gasteiger charge is 2.76. The molecule has 9 atom stereocenters. The van der Waals surface area contributed by atoms with Crippen molar-refractivity contribution in [3.63, 3.8) is 0 Å². The van der Waals surface area contributed by atoms with Gasteiger partial charge in [-0.05, 0) is 55.3 Å². The Kier molecular flexibility index (Phi) is 6.29. The quantitative estimate of drug-likeness (QED) is 0.351. The number of alkyl halides is 3. The van der Waals surface area contributed by atoms with Gasteiger partial charge in [0.05, 0.1) is 16.1 Å². The standard InChI is InChI=1S/C25H35Cl3O4/c1-5-21(31)32-25(20(30)13-26)14(2)10-18-17-7-6-15-11-16(29)8-9-22(15,3)24(17,28)19(27)12-23(18,25)4/h14-15,17-19H,5-13H2,1-4H3/t14-,15+,17-,18-,19-,22-,23-,24-,25+/m0/s1. The lowest BCUT2D eigenvalue weighted by Gasteiger charge is -2.66. The van der Waals surface area contributed by atoms with Gasteiger partial charge in [0.15, 0.2) is 11.4 Å². The van der Waals surface area contributed by atoms with Crippen molar-refractivity contribution in [2.24, 2.45) is 34.5 Å². The fraction of sp³-hybridized carbons (Fsp3) is 0.880. The van der Waals surface area contributed by atoms with Crippen molar-refractivity contribution >= 4 is 52.3 Å². The molecule has 4 aliphatic carbocycles. The van der Waals surface area contributed by atoms with E-state index < -0.39 is 21.3 Å². The second kappa shape index (κ2) is 8.12. The van der Waals surface area contributed by atoms with Gasteiger partial charge in [0.25, 0.3) is 0 Å². The summed E-state index contributed by atoms with van der Waals surface area (Å²) in [5.74, 6) is -0.222. The maximum atomic E-state index is 13.4. The van der Waals surface area contributed by atoms with Crippen LogP contribution in [0.3, 0.4) is 0 Å². The molecule has 0 radical (unpaired) electrons. The summed E-state index contributed by atoms with van der Waals surface area (Å²) in [5, 5.41) is -0.399. The van der Waals surface area contributed by atoms with Gasteiger partial charge in [-0.2, -0.15) is 0 Å². The van der Waals surface area contributed by atoms with E-state index in [9.17, 15) is 14.4 Å². The Labute approximate surface area is 206 Å². The van der Waals surface area contributed by atoms with Gasteiger partial charge in [0.2, 0.25) is 0 Å². The van der Waals surface area contributed by atoms with Crippen LogP contribution in [0.1, 0.15) is 79.1 Å². The Hall–Kier alpha value is -0.320. The Morgan fingerprint density at radius 2 is 1.84 bits per heavy atom. The van der Waals surface area contributed by atoms with Crippen LogP contribution in [0.15, 0.2) is 0 Å². The number of hydrogen-bond donors (Lipinski definition) is 0. The number of Topliss-reactive ketones (excluding diaryl/α,β-unsaturated/α-hetero) is 2. The van der Waals surface area contributed by atoms with E-state index in [2.05, 4.69) is 13.8 Å². The van der Waals surface area contributed by atoms with Gasteiger partial charge >= 0.3 is 5.97 Å². The normalized spacial score (nSPS) is 50.2. The van der Waals surface area contributed by atoms with Crippen LogP contribution in [0.5, 0.6) is 0 Å². The monoisotopic (exact) mass is 504 g/mol. The molecular formula is C25H35Cl3O4. The Balaban J connectivity index is 1.81. The van der Waals surface area contributed by atoms with E-state index in [1.54, 1.807) is 6.92 Å². The number of ether oxygens (including phenoxy) is 1. The molecule has 0 aromatic carbocycles. The lowest BCUT2D eigenvalue weighted by atomic mass is 9.43. The van der Waals surface area contributed by atoms with E-state index >= 15 is 0 Å². The molecule has 0 aromatic rings. The largest absolute Gasteiger partial charge is 0.450 e. The smallest absolute Gasteiger partial charge is 0.306 e. The molecule has 0 unspecified atom stereocenters. The third-order valence-corrected chi connectivity index (χ3v) is 12.0. The predicted molar refractivity (Wildman–Crippen MR) is 126 cm³/mol. The first-order valence-corrected chi connectivity index (χ1v) is 13.4. The molecule has 0 bridgehead atoms. The number of esters is 1. The van der Waals surface area contributed by atoms with E-state index in [4.69, 9.17) is 39.5 Å². The Bertz CT molecular complexity index is 832. The van der Waals surface area contributed by atoms with E-state index in [0.717, 1.165) is 25.7 Å². The van der Waals surface area contributed by atoms with Crippen molar-refractivity contribution < 1.29 is 19.1 Å². The van der Waals surface area contributed by atoms with E-state index in [1.165, 1.54) is 0 Å². The number of carbonyl (C=O) groups is 3. The number of rotatable bonds is 4. The number of hydrogen-bond acceptors (Lipinski definition) is 4. The second-order valence-electron chi connectivity index (χ2n) is 11.3. The summed E-state index contributed by atoms with van der Waals surface area (Å²) >= 11 is 21.0. The van der Waals surface area contributed by atoms with Crippen LogP contribution in [0, 0.1) is 34.5 Å². The van der Waals surface area contributed by atoms with Crippen LogP contribution in [0.4, 0.5) is 0 Å². The van der Waals surface area contributed by atoms with Crippen LogP contribution in [0.2, 0.25) is 0 Å². The Morgan fingerprint density at radius 3 is 2.47 bits per heavy atom. The minimum Gasteiger partial charge on any atom is -0.450 e. The van der Waals surface area contributed by atoms with Crippen molar-refractivity contribution in [2.75, 3.05) is 5.88 Å². The summed E-state index contributed by atoms with van der Waals surface area (Å²) in [4.78, 5) is 37.5. The van der Waals surface area contributed by atoms with Gasteiger partial charge in [0, 0.05) is 30.6 Å². The van der Waals surface area contributed by atoms with Crippen molar-refractivity contribution in [2.45, 2.75) is 94.9 Å². The third-order valence-electron chi connectivity index (χ3n) is 10.2. The summed E-state index contributed by atoms with van der Waals surface area (Å²) in [7, 11) is 0. The molecular weight excluding hydrogens is 471 g/mol. The Morgan fingerprint density at radius 1 is 1.16 bits per heavy atom. The van der Waals surface area contributed by atoms with Crippen molar-refractivity contribution in [3.05, 3.63) is 0 Å². The molecule has 0 amide bonds. The van der Waals surface area contributed by atoms with Gasteiger partial charge in [0.1, 0.15) is 5.78 Å². The zero-order valence-corrected chi connectivity index (χ0v) is 21.8. The SMILES string of the molecule is CCC(=O)O[C@@]1(C(=O)CCl)[C@@H](C)C[C@H]2[C@@H]3CC[C@@H]4CC(=O)CC[C@]4(C)[C@@]3(Cl)[C@@H](Cl)C[C@@]21C. The highest BCUT2D eigenvalue weighted by atomic mass is 35.5. The van der Waals surface area contributed by atoms with Gasteiger partial charge in [-0.1, -0.05) is 27.7 Å². The van der Waals surface area contributed by atoms with Crippen LogP contribution in [-0.2, 0) is 19.1 Å². The topological polar surface area (TPSA) is 60.4 Å². The lowest BCUT2D eigenvalue weighted by Crippen LogP contribution is -2.70. The summed E-state index contributed by atoms with van der Waals surface area (Å²) < 4.78 is 6.07. The first kappa shape index (κ1) is 24.8. The zero-order valence-electron chi connectivity index (χ0n) is 19.5. The second-order valence-corrected chi connectivity index (χ2v) is 12.7. The number of halogens is 3. The zero-order chi connectivity index (χ0) is 23.7. The van der Waals surface area contributed by atoms with Gasteiger partial charge < -0.3 is 4.74 Å². The van der Waals surface area contributed by atoms with Gasteiger partial charge in [-0.25, -0.2) is 0 Å². The maximum Gasteiger partial charge on any atom is 0.306 e. The molecule has 32 heavy (non-hydrogen) atoms. The molecule has 0 aromatic heterocycles. The van der Waals surface area contributed by atoms with Crippen LogP contribution in [-0.4, -0.2) is 39.3 Å². The van der Waals surface area contributed by atoms with Gasteiger partial charge in [-0.3, -0.25) is 14.4 Å². The maximum absolute atomic E-state index is 13.4. The van der Waals surface area contributed by atoms with Crippen molar-refractivity contribution in [1.29, 1.82) is 0 Å². The van der Waals surface area contributed by atoms with Gasteiger partial charge in [-0.15, -0.1) is 34.8 Å². The highest BCUT2D eigenvalue weighted by molar-refractivity contribution is 6.33. The summed E-state index contributed by atoms with van der Waals surface area (Å²) in [6.45, 7) is 8.04. The van der Waals surface area contributed by atoms with E-state index in [1.807, 2.05) is 6.92 Å². The minimum absolute atomic E-state index is 0.0904. The molecule has 0 N–H and O–H groups in total. The highest BCUT2D eigenvalue weighted by Crippen LogP contribution is 2.73. The fourth-order valence-electron chi connectivity index (χ4n) is 8.52. The molecule has 4 fully saturated rings. The lowest BCUT2D eigenvalue weighted by molar-refractivity contribution is -0.195. The van der Waals surface area contributed by atoms with Crippen molar-refractivity contribution in [3.8, 4) is 0 Å². The molecule has 4 aliphatic rings. The summed E-state index contributed by atoms with van der Waals surface area (Å²) in [5.41, 5.74) is -2.14. The predicted octanol–water partition coefficient (Wildman–Crippen LogP) is 5.92. The van der Waals surface area contributed by atoms with Crippen LogP contribution in [0.25, 0.3) is 0 Å². The molecule has 0 saturated heterocycles. The third kappa shape index (κ3) is 2.97. The molecule has 4 rings (SSSR count). The van der Waals surface area contributed by atoms with Crippen LogP contribution < -0.4 is 0 Å². The molecule has 7 heteroatoms. The molecule has 0 aliphatic heterocycles. The number of ketones is 2. The molecule has 180 valence electrons. The van der Waals surface area contributed by atoms with Crippen molar-refractivity contribution in [1.82, 2.24) is 0 Å².